The summed E-state index contributed by atoms with van der Waals surface area (Å²) in [5.41, 5.74) is 0.815. The predicted molar refractivity (Wildman–Crippen MR) is 85.5 cm³/mol. The molecule has 0 radical (unpaired) electrons. The van der Waals surface area contributed by atoms with Gasteiger partial charge in [-0.3, -0.25) is 14.1 Å². The average molecular weight is 328 g/mol. The van der Waals surface area contributed by atoms with Gasteiger partial charge in [0.15, 0.2) is 4.96 Å². The van der Waals surface area contributed by atoms with Gasteiger partial charge in [-0.15, -0.1) is 21.5 Å². The topological polar surface area (TPSA) is 68.3 Å². The maximum atomic E-state index is 12.1. The van der Waals surface area contributed by atoms with E-state index >= 15 is 0 Å². The van der Waals surface area contributed by atoms with Crippen LogP contribution in [0.25, 0.3) is 4.96 Å². The lowest BCUT2D eigenvalue weighted by Gasteiger charge is -2.27. The minimum absolute atomic E-state index is 0.0116. The lowest BCUT2D eigenvalue weighted by Crippen LogP contribution is -2.34. The van der Waals surface area contributed by atoms with Crippen LogP contribution in [0.3, 0.4) is 0 Å². The first kappa shape index (κ1) is 13.4. The van der Waals surface area contributed by atoms with Gasteiger partial charge in [-0.2, -0.15) is 0 Å². The molecule has 0 saturated heterocycles. The molecule has 8 heteroatoms. The molecule has 1 fully saturated rings. The molecule has 1 aliphatic carbocycles. The zero-order valence-corrected chi connectivity index (χ0v) is 13.4. The molecule has 3 aromatic rings. The second-order valence-corrected chi connectivity index (χ2v) is 7.13. The molecule has 0 bridgehead atoms. The standard InChI is InChI=1S/C15H16N6OS/c22-13-7-11(16-15-21(13)5-6-23-15)8-19-3-4-20-12(9-19)17-18-14(20)10-1-2-10/h5-7,10H,1-4,8-9H2. The summed E-state index contributed by atoms with van der Waals surface area (Å²) in [6.07, 6.45) is 4.26. The number of hydrogen-bond acceptors (Lipinski definition) is 6. The normalized spacial score (nSPS) is 18.4. The largest absolute Gasteiger partial charge is 0.312 e. The Labute approximate surface area is 136 Å². The minimum atomic E-state index is -0.0116. The third kappa shape index (κ3) is 2.29. The van der Waals surface area contributed by atoms with E-state index in [-0.39, 0.29) is 5.56 Å². The number of rotatable bonds is 3. The molecule has 1 aliphatic heterocycles. The molecule has 0 amide bonds. The molecule has 2 aliphatic rings. The van der Waals surface area contributed by atoms with Crippen molar-refractivity contribution >= 4 is 16.3 Å². The molecule has 5 rings (SSSR count). The molecule has 118 valence electrons. The van der Waals surface area contributed by atoms with Crippen LogP contribution in [0.15, 0.2) is 22.4 Å². The van der Waals surface area contributed by atoms with Gasteiger partial charge in [0.1, 0.15) is 11.6 Å². The van der Waals surface area contributed by atoms with Crippen molar-refractivity contribution in [2.45, 2.75) is 38.4 Å². The fourth-order valence-corrected chi connectivity index (χ4v) is 3.95. The van der Waals surface area contributed by atoms with Crippen LogP contribution in [-0.2, 0) is 19.6 Å². The smallest absolute Gasteiger partial charge is 0.258 e. The van der Waals surface area contributed by atoms with Gasteiger partial charge in [-0.1, -0.05) is 0 Å². The molecule has 0 atom stereocenters. The molecular formula is C15H16N6OS. The van der Waals surface area contributed by atoms with Crippen LogP contribution in [0, 0.1) is 0 Å². The van der Waals surface area contributed by atoms with Crippen LogP contribution >= 0.6 is 11.3 Å². The predicted octanol–water partition coefficient (Wildman–Crippen LogP) is 1.24. The summed E-state index contributed by atoms with van der Waals surface area (Å²) in [6, 6.07) is 1.63. The second kappa shape index (κ2) is 4.97. The Morgan fingerprint density at radius 1 is 1.26 bits per heavy atom. The highest BCUT2D eigenvalue weighted by Gasteiger charge is 2.32. The van der Waals surface area contributed by atoms with Crippen molar-refractivity contribution in [3.63, 3.8) is 0 Å². The lowest BCUT2D eigenvalue weighted by molar-refractivity contribution is 0.205. The molecule has 3 aromatic heterocycles. The van der Waals surface area contributed by atoms with Gasteiger partial charge in [0.2, 0.25) is 0 Å². The molecule has 0 N–H and O–H groups in total. The van der Waals surface area contributed by atoms with Crippen LogP contribution in [0.4, 0.5) is 0 Å². The van der Waals surface area contributed by atoms with E-state index in [0.717, 1.165) is 41.9 Å². The fourth-order valence-electron chi connectivity index (χ4n) is 3.21. The Bertz CT molecular complexity index is 937. The van der Waals surface area contributed by atoms with Crippen molar-refractivity contribution < 1.29 is 0 Å². The van der Waals surface area contributed by atoms with Gasteiger partial charge in [-0.25, -0.2) is 4.98 Å². The Morgan fingerprint density at radius 2 is 2.17 bits per heavy atom. The first-order valence-corrected chi connectivity index (χ1v) is 8.76. The number of hydrogen-bond donors (Lipinski definition) is 0. The summed E-state index contributed by atoms with van der Waals surface area (Å²) in [5.74, 6) is 2.83. The molecule has 4 heterocycles. The molecule has 0 spiro atoms. The van der Waals surface area contributed by atoms with Crippen LogP contribution in [0.2, 0.25) is 0 Å². The summed E-state index contributed by atoms with van der Waals surface area (Å²) in [5, 5.41) is 10.6. The second-order valence-electron chi connectivity index (χ2n) is 6.25. The van der Waals surface area contributed by atoms with Crippen molar-refractivity contribution in [2.24, 2.45) is 0 Å². The molecule has 1 saturated carbocycles. The van der Waals surface area contributed by atoms with Gasteiger partial charge in [0.25, 0.3) is 5.56 Å². The van der Waals surface area contributed by atoms with Crippen molar-refractivity contribution in [1.29, 1.82) is 0 Å². The van der Waals surface area contributed by atoms with E-state index in [9.17, 15) is 4.79 Å². The summed E-state index contributed by atoms with van der Waals surface area (Å²) < 4.78 is 3.86. The molecule has 0 unspecified atom stereocenters. The summed E-state index contributed by atoms with van der Waals surface area (Å²) in [7, 11) is 0. The number of fused-ring (bicyclic) bond motifs is 2. The van der Waals surface area contributed by atoms with Crippen molar-refractivity contribution in [3.8, 4) is 0 Å². The Balaban J connectivity index is 1.39. The zero-order valence-electron chi connectivity index (χ0n) is 12.6. The quantitative estimate of drug-likeness (QED) is 0.723. The Kier molecular flexibility index (Phi) is 2.89. The highest BCUT2D eigenvalue weighted by molar-refractivity contribution is 7.15. The number of nitrogens with zero attached hydrogens (tertiary/aromatic N) is 6. The van der Waals surface area contributed by atoms with E-state index in [1.165, 1.54) is 24.2 Å². The zero-order chi connectivity index (χ0) is 15.4. The van der Waals surface area contributed by atoms with Crippen molar-refractivity contribution in [3.05, 3.63) is 45.3 Å². The Morgan fingerprint density at radius 3 is 3.04 bits per heavy atom. The SMILES string of the molecule is O=c1cc(CN2CCn3c(nnc3C3CC3)C2)nc2sccn12. The van der Waals surface area contributed by atoms with Crippen LogP contribution < -0.4 is 5.56 Å². The highest BCUT2D eigenvalue weighted by Crippen LogP contribution is 2.39. The molecule has 7 nitrogen and oxygen atoms in total. The minimum Gasteiger partial charge on any atom is -0.312 e. The van der Waals surface area contributed by atoms with Gasteiger partial charge < -0.3 is 4.57 Å². The highest BCUT2D eigenvalue weighted by atomic mass is 32.1. The van der Waals surface area contributed by atoms with E-state index in [2.05, 4.69) is 24.6 Å². The molecule has 0 aromatic carbocycles. The van der Waals surface area contributed by atoms with E-state index in [4.69, 9.17) is 0 Å². The van der Waals surface area contributed by atoms with E-state index in [1.807, 2.05) is 5.38 Å². The Hall–Kier alpha value is -2.06. The van der Waals surface area contributed by atoms with E-state index < -0.39 is 0 Å². The van der Waals surface area contributed by atoms with Crippen LogP contribution in [0.5, 0.6) is 0 Å². The fraction of sp³-hybridized carbons (Fsp3) is 0.467. The van der Waals surface area contributed by atoms with E-state index in [1.54, 1.807) is 16.7 Å². The summed E-state index contributed by atoms with van der Waals surface area (Å²) >= 11 is 1.49. The first-order chi connectivity index (χ1) is 11.3. The molecular weight excluding hydrogens is 312 g/mol. The number of thiazole rings is 1. The average Bonchev–Trinajstić information content (AvgIpc) is 3.11. The van der Waals surface area contributed by atoms with Crippen LogP contribution in [0.1, 0.15) is 36.1 Å². The monoisotopic (exact) mass is 328 g/mol. The van der Waals surface area contributed by atoms with Crippen molar-refractivity contribution in [1.82, 2.24) is 29.0 Å². The van der Waals surface area contributed by atoms with Gasteiger partial charge in [-0.05, 0) is 12.8 Å². The first-order valence-electron chi connectivity index (χ1n) is 7.88. The number of aromatic nitrogens is 5. The molecule has 23 heavy (non-hydrogen) atoms. The maximum absolute atomic E-state index is 12.1. The third-order valence-corrected chi connectivity index (χ3v) is 5.30. The summed E-state index contributed by atoms with van der Waals surface area (Å²) in [6.45, 7) is 3.31. The van der Waals surface area contributed by atoms with Gasteiger partial charge in [0, 0.05) is 43.2 Å². The van der Waals surface area contributed by atoms with Gasteiger partial charge in [0.05, 0.1) is 12.2 Å². The van der Waals surface area contributed by atoms with Crippen molar-refractivity contribution in [2.75, 3.05) is 6.54 Å². The lowest BCUT2D eigenvalue weighted by atomic mass is 10.3. The van der Waals surface area contributed by atoms with E-state index in [0.29, 0.717) is 12.5 Å². The third-order valence-electron chi connectivity index (χ3n) is 4.55. The summed E-state index contributed by atoms with van der Waals surface area (Å²) in [4.78, 5) is 19.7. The maximum Gasteiger partial charge on any atom is 0.258 e. The van der Waals surface area contributed by atoms with Gasteiger partial charge >= 0.3 is 0 Å². The van der Waals surface area contributed by atoms with Crippen LogP contribution in [-0.4, -0.2) is 35.6 Å².